The van der Waals surface area contributed by atoms with Crippen LogP contribution in [0.4, 0.5) is 5.69 Å². The molecule has 1 atom stereocenters. The maximum absolute atomic E-state index is 5.87. The topological polar surface area (TPSA) is 64.5 Å². The number of likely N-dealkylation sites (tertiary alicyclic amines) is 1. The molecule has 0 aliphatic carbocycles. The molecule has 0 unspecified atom stereocenters. The second kappa shape index (κ2) is 5.38. The summed E-state index contributed by atoms with van der Waals surface area (Å²) in [4.78, 5) is 2.34. The fourth-order valence-corrected chi connectivity index (χ4v) is 2.31. The first-order chi connectivity index (χ1) is 8.22. The number of rotatable bonds is 4. The molecule has 4 N–H and O–H groups in total. The zero-order valence-electron chi connectivity index (χ0n) is 10.4. The Kier molecular flexibility index (Phi) is 3.86. The third-order valence-electron chi connectivity index (χ3n) is 3.48. The molecule has 0 radical (unpaired) electrons. The molecule has 0 amide bonds. The largest absolute Gasteiger partial charge is 0.492 e. The van der Waals surface area contributed by atoms with Crippen LogP contribution in [0.3, 0.4) is 0 Å². The Labute approximate surface area is 103 Å². The van der Waals surface area contributed by atoms with Crippen molar-refractivity contribution in [3.63, 3.8) is 0 Å². The van der Waals surface area contributed by atoms with Crippen LogP contribution in [0.1, 0.15) is 18.4 Å². The number of nitrogens with two attached hydrogens (primary N) is 2. The van der Waals surface area contributed by atoms with Crippen LogP contribution in [0.25, 0.3) is 0 Å². The van der Waals surface area contributed by atoms with E-state index in [9.17, 15) is 0 Å². The quantitative estimate of drug-likeness (QED) is 0.770. The molecule has 94 valence electrons. The summed E-state index contributed by atoms with van der Waals surface area (Å²) >= 11 is 0. The molecule has 1 aromatic rings. The molecule has 1 aliphatic heterocycles. The van der Waals surface area contributed by atoms with Crippen molar-refractivity contribution in [3.05, 3.63) is 23.8 Å². The van der Waals surface area contributed by atoms with Gasteiger partial charge in [-0.2, -0.15) is 0 Å². The van der Waals surface area contributed by atoms with Gasteiger partial charge < -0.3 is 21.1 Å². The lowest BCUT2D eigenvalue weighted by molar-refractivity contribution is 0.197. The molecule has 1 saturated heterocycles. The molecule has 2 rings (SSSR count). The molecule has 1 heterocycles. The van der Waals surface area contributed by atoms with Gasteiger partial charge in [0.25, 0.3) is 0 Å². The average Bonchev–Trinajstić information content (AvgIpc) is 2.72. The smallest absolute Gasteiger partial charge is 0.125 e. The lowest BCUT2D eigenvalue weighted by Crippen LogP contribution is -2.30. The minimum atomic E-state index is 0.419. The van der Waals surface area contributed by atoms with E-state index in [0.29, 0.717) is 24.9 Å². The lowest BCUT2D eigenvalue weighted by Gasteiger charge is -2.21. The zero-order chi connectivity index (χ0) is 12.3. The number of anilines is 1. The molecule has 4 nitrogen and oxygen atoms in total. The summed E-state index contributed by atoms with van der Waals surface area (Å²) in [7, 11) is 2.14. The van der Waals surface area contributed by atoms with Crippen molar-refractivity contribution >= 4 is 5.69 Å². The summed E-state index contributed by atoms with van der Waals surface area (Å²) in [5, 5.41) is 0. The van der Waals surface area contributed by atoms with Gasteiger partial charge in [0.1, 0.15) is 12.4 Å². The maximum Gasteiger partial charge on any atom is 0.125 e. The van der Waals surface area contributed by atoms with Crippen LogP contribution in [0.2, 0.25) is 0 Å². The molecule has 0 spiro atoms. The fourth-order valence-electron chi connectivity index (χ4n) is 2.31. The molecular weight excluding hydrogens is 214 g/mol. The fraction of sp³-hybridized carbons (Fsp3) is 0.538. The number of hydrogen-bond donors (Lipinski definition) is 2. The standard InChI is InChI=1S/C13H21N3O/c1-16-7-3-4-10(16)9-17-13-6-2-5-12(15)11(13)8-14/h2,5-6,10H,3-4,7-9,14-15H2,1H3/t10-/m0/s1. The number of hydrogen-bond acceptors (Lipinski definition) is 4. The van der Waals surface area contributed by atoms with Gasteiger partial charge in [0.15, 0.2) is 0 Å². The minimum absolute atomic E-state index is 0.419. The van der Waals surface area contributed by atoms with Gasteiger partial charge in [-0.05, 0) is 38.6 Å². The van der Waals surface area contributed by atoms with Crippen LogP contribution in [-0.4, -0.2) is 31.1 Å². The number of ether oxygens (including phenoxy) is 1. The maximum atomic E-state index is 5.87. The molecule has 0 aromatic heterocycles. The Bertz CT molecular complexity index is 381. The van der Waals surface area contributed by atoms with Crippen LogP contribution in [0.5, 0.6) is 5.75 Å². The van der Waals surface area contributed by atoms with Crippen LogP contribution in [0.15, 0.2) is 18.2 Å². The predicted octanol–water partition coefficient (Wildman–Crippen LogP) is 1.20. The van der Waals surface area contributed by atoms with Crippen LogP contribution >= 0.6 is 0 Å². The summed E-state index contributed by atoms with van der Waals surface area (Å²) in [6.45, 7) is 2.30. The summed E-state index contributed by atoms with van der Waals surface area (Å²) in [5.41, 5.74) is 13.2. The van der Waals surface area contributed by atoms with Crippen molar-refractivity contribution < 1.29 is 4.74 Å². The molecule has 0 bridgehead atoms. The Balaban J connectivity index is 2.01. The van der Waals surface area contributed by atoms with Crippen molar-refractivity contribution in [2.24, 2.45) is 5.73 Å². The van der Waals surface area contributed by atoms with Crippen molar-refractivity contribution in [3.8, 4) is 5.75 Å². The highest BCUT2D eigenvalue weighted by molar-refractivity contribution is 5.54. The summed E-state index contributed by atoms with van der Waals surface area (Å²) in [5.74, 6) is 0.827. The SMILES string of the molecule is CN1CCC[C@H]1COc1cccc(N)c1CN. The van der Waals surface area contributed by atoms with E-state index in [4.69, 9.17) is 16.2 Å². The van der Waals surface area contributed by atoms with Crippen molar-refractivity contribution in [2.45, 2.75) is 25.4 Å². The van der Waals surface area contributed by atoms with Gasteiger partial charge in [-0.25, -0.2) is 0 Å². The van der Waals surface area contributed by atoms with Gasteiger partial charge in [-0.15, -0.1) is 0 Å². The van der Waals surface area contributed by atoms with Gasteiger partial charge in [-0.3, -0.25) is 0 Å². The van der Waals surface area contributed by atoms with E-state index in [2.05, 4.69) is 11.9 Å². The van der Waals surface area contributed by atoms with E-state index in [1.165, 1.54) is 12.8 Å². The number of likely N-dealkylation sites (N-methyl/N-ethyl adjacent to an activating group) is 1. The summed E-state index contributed by atoms with van der Waals surface area (Å²) < 4.78 is 5.86. The Hall–Kier alpha value is -1.26. The highest BCUT2D eigenvalue weighted by Gasteiger charge is 2.21. The molecule has 1 aromatic carbocycles. The molecule has 1 aliphatic rings. The van der Waals surface area contributed by atoms with E-state index in [1.807, 2.05) is 18.2 Å². The predicted molar refractivity (Wildman–Crippen MR) is 69.9 cm³/mol. The summed E-state index contributed by atoms with van der Waals surface area (Å²) in [6, 6.07) is 6.22. The molecular formula is C13H21N3O. The van der Waals surface area contributed by atoms with Crippen molar-refractivity contribution in [2.75, 3.05) is 25.9 Å². The number of benzene rings is 1. The molecule has 0 saturated carbocycles. The Morgan fingerprint density at radius 1 is 1.47 bits per heavy atom. The van der Waals surface area contributed by atoms with Gasteiger partial charge in [0.05, 0.1) is 0 Å². The average molecular weight is 235 g/mol. The highest BCUT2D eigenvalue weighted by Crippen LogP contribution is 2.25. The second-order valence-electron chi connectivity index (χ2n) is 4.62. The minimum Gasteiger partial charge on any atom is -0.492 e. The van der Waals surface area contributed by atoms with E-state index in [0.717, 1.165) is 17.9 Å². The first kappa shape index (κ1) is 12.2. The van der Waals surface area contributed by atoms with Crippen molar-refractivity contribution in [1.82, 2.24) is 4.90 Å². The van der Waals surface area contributed by atoms with Crippen molar-refractivity contribution in [1.29, 1.82) is 0 Å². The van der Waals surface area contributed by atoms with Crippen LogP contribution in [-0.2, 0) is 6.54 Å². The van der Waals surface area contributed by atoms with Gasteiger partial charge in [0.2, 0.25) is 0 Å². The second-order valence-corrected chi connectivity index (χ2v) is 4.62. The van der Waals surface area contributed by atoms with Gasteiger partial charge in [0, 0.05) is 23.8 Å². The zero-order valence-corrected chi connectivity index (χ0v) is 10.4. The van der Waals surface area contributed by atoms with E-state index < -0.39 is 0 Å². The Morgan fingerprint density at radius 3 is 2.94 bits per heavy atom. The number of nitrogens with zero attached hydrogens (tertiary/aromatic N) is 1. The summed E-state index contributed by atoms with van der Waals surface area (Å²) in [6.07, 6.45) is 2.46. The highest BCUT2D eigenvalue weighted by atomic mass is 16.5. The lowest BCUT2D eigenvalue weighted by atomic mass is 10.1. The first-order valence-electron chi connectivity index (χ1n) is 6.13. The normalized spacial score (nSPS) is 20.7. The van der Waals surface area contributed by atoms with Crippen LogP contribution < -0.4 is 16.2 Å². The van der Waals surface area contributed by atoms with E-state index >= 15 is 0 Å². The number of nitrogen functional groups attached to an aromatic ring is 1. The molecule has 17 heavy (non-hydrogen) atoms. The van der Waals surface area contributed by atoms with E-state index in [1.54, 1.807) is 0 Å². The molecule has 4 heteroatoms. The first-order valence-corrected chi connectivity index (χ1v) is 6.13. The van der Waals surface area contributed by atoms with Gasteiger partial charge in [-0.1, -0.05) is 6.07 Å². The van der Waals surface area contributed by atoms with Gasteiger partial charge >= 0.3 is 0 Å². The third-order valence-corrected chi connectivity index (χ3v) is 3.48. The third kappa shape index (κ3) is 2.70. The van der Waals surface area contributed by atoms with Crippen LogP contribution in [0, 0.1) is 0 Å². The Morgan fingerprint density at radius 2 is 2.29 bits per heavy atom. The monoisotopic (exact) mass is 235 g/mol. The van der Waals surface area contributed by atoms with E-state index in [-0.39, 0.29) is 0 Å². The molecule has 1 fully saturated rings.